The number of nitrogens with one attached hydrogen (secondary N) is 1. The van der Waals surface area contributed by atoms with Crippen LogP contribution in [0.25, 0.3) is 11.0 Å². The predicted molar refractivity (Wildman–Crippen MR) is 124 cm³/mol. The SMILES string of the molecule is O=C(Cc1ccccc1Cc1nc2c(cnn2C2CCC(F)(F)CC2)c(=O)[nH]1)N1CCCCC1. The standard InChI is InChI=1S/C25H29F2N5O2/c26-25(27)10-8-19(9-11-25)32-23-20(16-28-32)24(34)30-21(29-23)14-17-6-2-3-7-18(17)15-22(33)31-12-4-1-5-13-31/h2-3,6-7,16,19H,1,4-5,8-15H2,(H,29,30,34). The topological polar surface area (TPSA) is 83.9 Å². The van der Waals surface area contributed by atoms with E-state index in [0.29, 0.717) is 42.5 Å². The third-order valence-corrected chi connectivity index (χ3v) is 7.07. The van der Waals surface area contributed by atoms with Gasteiger partial charge in [0.05, 0.1) is 18.7 Å². The van der Waals surface area contributed by atoms with Gasteiger partial charge in [0, 0.05) is 32.4 Å². The zero-order valence-electron chi connectivity index (χ0n) is 19.1. The molecule has 2 fully saturated rings. The highest BCUT2D eigenvalue weighted by molar-refractivity contribution is 5.79. The van der Waals surface area contributed by atoms with E-state index in [1.54, 1.807) is 4.68 Å². The molecule has 3 heterocycles. The van der Waals surface area contributed by atoms with Crippen LogP contribution < -0.4 is 5.56 Å². The van der Waals surface area contributed by atoms with Crippen molar-refractivity contribution in [2.75, 3.05) is 13.1 Å². The lowest BCUT2D eigenvalue weighted by Gasteiger charge is -2.28. The summed E-state index contributed by atoms with van der Waals surface area (Å²) in [5, 5.41) is 4.68. The minimum atomic E-state index is -2.63. The summed E-state index contributed by atoms with van der Waals surface area (Å²) in [4.78, 5) is 35.0. The largest absolute Gasteiger partial charge is 0.342 e. The molecule has 0 radical (unpaired) electrons. The van der Waals surface area contributed by atoms with Crippen LogP contribution in [0.5, 0.6) is 0 Å². The Balaban J connectivity index is 1.39. The Morgan fingerprint density at radius 2 is 1.79 bits per heavy atom. The van der Waals surface area contributed by atoms with E-state index in [1.165, 1.54) is 12.6 Å². The zero-order chi connectivity index (χ0) is 23.7. The highest BCUT2D eigenvalue weighted by atomic mass is 19.3. The number of alkyl halides is 2. The average Bonchev–Trinajstić information content (AvgIpc) is 3.25. The minimum Gasteiger partial charge on any atom is -0.342 e. The predicted octanol–water partition coefficient (Wildman–Crippen LogP) is 4.02. The Morgan fingerprint density at radius 3 is 2.53 bits per heavy atom. The number of hydrogen-bond acceptors (Lipinski definition) is 4. The maximum atomic E-state index is 13.6. The minimum absolute atomic E-state index is 0.122. The van der Waals surface area contributed by atoms with Gasteiger partial charge in [0.2, 0.25) is 11.8 Å². The molecular weight excluding hydrogens is 440 g/mol. The number of aromatic nitrogens is 4. The summed E-state index contributed by atoms with van der Waals surface area (Å²) >= 11 is 0. The third-order valence-electron chi connectivity index (χ3n) is 7.07. The Morgan fingerprint density at radius 1 is 1.09 bits per heavy atom. The molecule has 2 aliphatic rings. The summed E-state index contributed by atoms with van der Waals surface area (Å²) in [6.07, 6.45) is 5.63. The van der Waals surface area contributed by atoms with Gasteiger partial charge in [-0.05, 0) is 43.2 Å². The number of aromatic amines is 1. The molecule has 0 bridgehead atoms. The van der Waals surface area contributed by atoms with Crippen LogP contribution in [0, 0.1) is 0 Å². The van der Waals surface area contributed by atoms with Crippen LogP contribution in [0.15, 0.2) is 35.3 Å². The van der Waals surface area contributed by atoms with Crippen LogP contribution >= 0.6 is 0 Å². The molecule has 2 aromatic heterocycles. The molecule has 1 amide bonds. The fraction of sp³-hybridized carbons (Fsp3) is 0.520. The lowest BCUT2D eigenvalue weighted by molar-refractivity contribution is -0.131. The second kappa shape index (κ2) is 9.27. The Kier molecular flexibility index (Phi) is 6.18. The molecule has 0 atom stereocenters. The molecule has 1 N–H and O–H groups in total. The van der Waals surface area contributed by atoms with Crippen molar-refractivity contribution < 1.29 is 13.6 Å². The fourth-order valence-corrected chi connectivity index (χ4v) is 5.10. The van der Waals surface area contributed by atoms with Crippen LogP contribution in [0.4, 0.5) is 8.78 Å². The van der Waals surface area contributed by atoms with Gasteiger partial charge >= 0.3 is 0 Å². The molecule has 5 rings (SSSR count). The van der Waals surface area contributed by atoms with Gasteiger partial charge in [0.1, 0.15) is 11.2 Å². The van der Waals surface area contributed by atoms with Crippen molar-refractivity contribution in [2.45, 2.75) is 69.8 Å². The van der Waals surface area contributed by atoms with Crippen LogP contribution in [-0.4, -0.2) is 49.6 Å². The van der Waals surface area contributed by atoms with Crippen LogP contribution in [0.1, 0.15) is 67.9 Å². The third kappa shape index (κ3) is 4.74. The number of carbonyl (C=O) groups excluding carboxylic acids is 1. The number of amides is 1. The number of nitrogens with zero attached hydrogens (tertiary/aromatic N) is 4. The van der Waals surface area contributed by atoms with E-state index in [2.05, 4.69) is 15.1 Å². The maximum Gasteiger partial charge on any atom is 0.262 e. The van der Waals surface area contributed by atoms with Crippen molar-refractivity contribution in [3.63, 3.8) is 0 Å². The maximum absolute atomic E-state index is 13.6. The van der Waals surface area contributed by atoms with Gasteiger partial charge in [-0.15, -0.1) is 0 Å². The first kappa shape index (κ1) is 22.7. The van der Waals surface area contributed by atoms with Crippen LogP contribution in [-0.2, 0) is 17.6 Å². The summed E-state index contributed by atoms with van der Waals surface area (Å²) in [6, 6.07) is 7.51. The Hall–Kier alpha value is -3.10. The van der Waals surface area contributed by atoms with Crippen LogP contribution in [0.2, 0.25) is 0 Å². The molecule has 1 aliphatic carbocycles. The smallest absolute Gasteiger partial charge is 0.262 e. The molecule has 1 aromatic carbocycles. The van der Waals surface area contributed by atoms with Gasteiger partial charge < -0.3 is 9.88 Å². The second-order valence-electron chi connectivity index (χ2n) is 9.49. The second-order valence-corrected chi connectivity index (χ2v) is 9.49. The van der Waals surface area contributed by atoms with E-state index >= 15 is 0 Å². The van der Waals surface area contributed by atoms with Gasteiger partial charge in [0.25, 0.3) is 5.56 Å². The normalized spacial score (nSPS) is 18.9. The highest BCUT2D eigenvalue weighted by Gasteiger charge is 2.36. The lowest BCUT2D eigenvalue weighted by atomic mass is 9.92. The van der Waals surface area contributed by atoms with Crippen molar-refractivity contribution in [2.24, 2.45) is 0 Å². The molecule has 1 saturated heterocycles. The molecule has 7 nitrogen and oxygen atoms in total. The van der Waals surface area contributed by atoms with E-state index in [4.69, 9.17) is 0 Å². The number of H-pyrrole nitrogens is 1. The summed E-state index contributed by atoms with van der Waals surface area (Å²) in [5.41, 5.74) is 1.98. The van der Waals surface area contributed by atoms with Crippen molar-refractivity contribution >= 4 is 16.9 Å². The first-order valence-corrected chi connectivity index (χ1v) is 12.1. The molecule has 3 aromatic rings. The monoisotopic (exact) mass is 469 g/mol. The summed E-state index contributed by atoms with van der Waals surface area (Å²) in [6.45, 7) is 1.62. The quantitative estimate of drug-likeness (QED) is 0.612. The first-order valence-electron chi connectivity index (χ1n) is 12.1. The average molecular weight is 470 g/mol. The van der Waals surface area contributed by atoms with Gasteiger partial charge in [-0.3, -0.25) is 9.59 Å². The Bertz CT molecular complexity index is 1240. The molecule has 1 saturated carbocycles. The molecule has 9 heteroatoms. The summed E-state index contributed by atoms with van der Waals surface area (Å²) in [7, 11) is 0. The van der Waals surface area contributed by atoms with Gasteiger partial charge in [-0.1, -0.05) is 24.3 Å². The molecule has 0 unspecified atom stereocenters. The highest BCUT2D eigenvalue weighted by Crippen LogP contribution is 2.38. The number of likely N-dealkylation sites (tertiary alicyclic amines) is 1. The fourth-order valence-electron chi connectivity index (χ4n) is 5.10. The van der Waals surface area contributed by atoms with E-state index in [1.807, 2.05) is 29.2 Å². The summed E-state index contributed by atoms with van der Waals surface area (Å²) in [5.74, 6) is -2.04. The lowest BCUT2D eigenvalue weighted by Crippen LogP contribution is -2.36. The number of halogens is 2. The van der Waals surface area contributed by atoms with Crippen molar-refractivity contribution in [1.82, 2.24) is 24.6 Å². The number of rotatable bonds is 5. The van der Waals surface area contributed by atoms with Gasteiger partial charge in [-0.2, -0.15) is 5.10 Å². The molecule has 34 heavy (non-hydrogen) atoms. The van der Waals surface area contributed by atoms with E-state index in [9.17, 15) is 18.4 Å². The number of fused-ring (bicyclic) bond motifs is 1. The molecule has 180 valence electrons. The molecule has 0 spiro atoms. The number of carbonyl (C=O) groups is 1. The van der Waals surface area contributed by atoms with Crippen LogP contribution in [0.3, 0.4) is 0 Å². The summed E-state index contributed by atoms with van der Waals surface area (Å²) < 4.78 is 28.9. The number of benzene rings is 1. The van der Waals surface area contributed by atoms with E-state index in [-0.39, 0.29) is 30.3 Å². The molecular formula is C25H29F2N5O2. The van der Waals surface area contributed by atoms with E-state index < -0.39 is 5.92 Å². The van der Waals surface area contributed by atoms with E-state index in [0.717, 1.165) is 37.1 Å². The van der Waals surface area contributed by atoms with Gasteiger partial charge in [-0.25, -0.2) is 18.4 Å². The van der Waals surface area contributed by atoms with Gasteiger partial charge in [0.15, 0.2) is 5.65 Å². The number of hydrogen-bond donors (Lipinski definition) is 1. The van der Waals surface area contributed by atoms with Crippen molar-refractivity contribution in [3.8, 4) is 0 Å². The number of piperidine rings is 1. The first-order chi connectivity index (χ1) is 16.4. The molecule has 1 aliphatic heterocycles. The Labute approximate surface area is 196 Å². The zero-order valence-corrected chi connectivity index (χ0v) is 19.1. The van der Waals surface area contributed by atoms with Crippen molar-refractivity contribution in [3.05, 3.63) is 57.8 Å². The van der Waals surface area contributed by atoms with Crippen molar-refractivity contribution in [1.29, 1.82) is 0 Å².